The van der Waals surface area contributed by atoms with E-state index in [-0.39, 0.29) is 0 Å². The fourth-order valence-electron chi connectivity index (χ4n) is 0. The van der Waals surface area contributed by atoms with Gasteiger partial charge in [-0.05, 0) is 0 Å². The Balaban J connectivity index is 0. The van der Waals surface area contributed by atoms with Crippen molar-refractivity contribution in [2.45, 2.75) is 13.8 Å². The summed E-state index contributed by atoms with van der Waals surface area (Å²) in [5.74, 6) is 0.722. The second kappa shape index (κ2) is 21.6. The molecule has 0 bridgehead atoms. The van der Waals surface area contributed by atoms with Gasteiger partial charge in [0.2, 0.25) is 0 Å². The lowest BCUT2D eigenvalue weighted by molar-refractivity contribution is 1.49. The van der Waals surface area contributed by atoms with Crippen molar-refractivity contribution in [1.82, 2.24) is 0 Å². The number of hydrogen-bond donors (Lipinski definition) is 0. The largest absolute Gasteiger partial charge is 0.199 e. The summed E-state index contributed by atoms with van der Waals surface area (Å²) < 4.78 is 0. The van der Waals surface area contributed by atoms with Crippen LogP contribution in [0.15, 0.2) is 0 Å². The molecule has 0 aliphatic carbocycles. The second-order valence-electron chi connectivity index (χ2n) is 0.491. The Labute approximate surface area is 43.5 Å². The molecule has 0 heterocycles. The van der Waals surface area contributed by atoms with Crippen molar-refractivity contribution in [2.24, 2.45) is 0 Å². The number of halogens is 1. The highest BCUT2D eigenvalue weighted by molar-refractivity contribution is 6.17. The SMILES string of the molecule is CC#N.CCCl. The summed E-state index contributed by atoms with van der Waals surface area (Å²) in [5.41, 5.74) is 0. The molecule has 0 saturated heterocycles. The van der Waals surface area contributed by atoms with Gasteiger partial charge in [-0.25, -0.2) is 0 Å². The zero-order valence-electron chi connectivity index (χ0n) is 4.03. The van der Waals surface area contributed by atoms with Gasteiger partial charge in [-0.3, -0.25) is 0 Å². The average molecular weight is 106 g/mol. The lowest BCUT2D eigenvalue weighted by Gasteiger charge is -1.45. The molecule has 6 heavy (non-hydrogen) atoms. The topological polar surface area (TPSA) is 23.8 Å². The first kappa shape index (κ1) is 9.24. The number of nitrogens with zero attached hydrogens (tertiary/aromatic N) is 1. The molecule has 0 unspecified atom stereocenters. The molecule has 0 N–H and O–H groups in total. The van der Waals surface area contributed by atoms with Gasteiger partial charge in [0.05, 0.1) is 6.07 Å². The lowest BCUT2D eigenvalue weighted by atomic mass is 11.0. The zero-order valence-corrected chi connectivity index (χ0v) is 4.79. The van der Waals surface area contributed by atoms with Crippen LogP contribution in [-0.2, 0) is 0 Å². The van der Waals surface area contributed by atoms with Crippen LogP contribution in [0.2, 0.25) is 0 Å². The molecular formula is C4H8ClN. The van der Waals surface area contributed by atoms with E-state index >= 15 is 0 Å². The van der Waals surface area contributed by atoms with Crippen molar-refractivity contribution in [3.63, 3.8) is 0 Å². The fraction of sp³-hybridized carbons (Fsp3) is 0.750. The van der Waals surface area contributed by atoms with E-state index in [0.29, 0.717) is 0 Å². The molecule has 0 aliphatic heterocycles. The predicted octanol–water partition coefficient (Wildman–Crippen LogP) is 1.77. The molecule has 0 atom stereocenters. The van der Waals surface area contributed by atoms with Gasteiger partial charge < -0.3 is 0 Å². The van der Waals surface area contributed by atoms with Gasteiger partial charge in [0.1, 0.15) is 0 Å². The molecule has 0 saturated carbocycles. The first-order valence-corrected chi connectivity index (χ1v) is 2.23. The van der Waals surface area contributed by atoms with Crippen molar-refractivity contribution >= 4 is 11.6 Å². The van der Waals surface area contributed by atoms with Crippen molar-refractivity contribution in [3.05, 3.63) is 0 Å². The van der Waals surface area contributed by atoms with Crippen LogP contribution in [0.1, 0.15) is 13.8 Å². The highest BCUT2D eigenvalue weighted by Crippen LogP contribution is 1.59. The van der Waals surface area contributed by atoms with Gasteiger partial charge in [0.15, 0.2) is 0 Å². The smallest absolute Gasteiger partial charge is 0.0587 e. The maximum atomic E-state index is 7.32. The van der Waals surface area contributed by atoms with E-state index in [4.69, 9.17) is 16.9 Å². The van der Waals surface area contributed by atoms with E-state index in [0.717, 1.165) is 5.88 Å². The van der Waals surface area contributed by atoms with E-state index in [1.807, 2.05) is 6.92 Å². The molecule has 36 valence electrons. The van der Waals surface area contributed by atoms with Crippen LogP contribution < -0.4 is 0 Å². The lowest BCUT2D eigenvalue weighted by Crippen LogP contribution is -1.36. The van der Waals surface area contributed by atoms with Crippen LogP contribution in [-0.4, -0.2) is 5.88 Å². The van der Waals surface area contributed by atoms with Crippen molar-refractivity contribution in [1.29, 1.82) is 5.26 Å². The van der Waals surface area contributed by atoms with Crippen molar-refractivity contribution < 1.29 is 0 Å². The summed E-state index contributed by atoms with van der Waals surface area (Å²) in [5, 5.41) is 7.32. The molecule has 0 radical (unpaired) electrons. The van der Waals surface area contributed by atoms with Crippen molar-refractivity contribution in [3.8, 4) is 6.07 Å². The van der Waals surface area contributed by atoms with E-state index < -0.39 is 0 Å². The summed E-state index contributed by atoms with van der Waals surface area (Å²) in [7, 11) is 0. The normalized spacial score (nSPS) is 4.33. The van der Waals surface area contributed by atoms with E-state index in [2.05, 4.69) is 0 Å². The summed E-state index contributed by atoms with van der Waals surface area (Å²) in [6, 6.07) is 1.75. The average Bonchev–Trinajstić information content (AvgIpc) is 1.39. The van der Waals surface area contributed by atoms with E-state index in [9.17, 15) is 0 Å². The summed E-state index contributed by atoms with van der Waals surface area (Å²) in [4.78, 5) is 0. The minimum Gasteiger partial charge on any atom is -0.199 e. The Morgan fingerprint density at radius 3 is 1.83 bits per heavy atom. The van der Waals surface area contributed by atoms with Crippen LogP contribution in [0.5, 0.6) is 0 Å². The maximum absolute atomic E-state index is 7.32. The van der Waals surface area contributed by atoms with Crippen LogP contribution >= 0.6 is 11.6 Å². The molecule has 0 fully saturated rings. The van der Waals surface area contributed by atoms with Gasteiger partial charge >= 0.3 is 0 Å². The molecule has 0 aliphatic rings. The monoisotopic (exact) mass is 105 g/mol. The molecular weight excluding hydrogens is 97.5 g/mol. The summed E-state index contributed by atoms with van der Waals surface area (Å²) in [6.45, 7) is 3.32. The van der Waals surface area contributed by atoms with Gasteiger partial charge in [-0.2, -0.15) is 5.26 Å². The molecule has 2 heteroatoms. The van der Waals surface area contributed by atoms with Gasteiger partial charge in [0, 0.05) is 12.8 Å². The quantitative estimate of drug-likeness (QED) is 0.431. The molecule has 1 nitrogen and oxygen atoms in total. The molecule has 0 rings (SSSR count). The minimum absolute atomic E-state index is 0.722. The Kier molecular flexibility index (Phi) is 33.2. The van der Waals surface area contributed by atoms with Crippen LogP contribution in [0.3, 0.4) is 0 Å². The van der Waals surface area contributed by atoms with Crippen LogP contribution in [0.25, 0.3) is 0 Å². The van der Waals surface area contributed by atoms with Gasteiger partial charge in [-0.1, -0.05) is 6.92 Å². The van der Waals surface area contributed by atoms with E-state index in [1.165, 1.54) is 6.92 Å². The van der Waals surface area contributed by atoms with Gasteiger partial charge in [0.25, 0.3) is 0 Å². The third kappa shape index (κ3) is 604. The third-order valence-electron chi connectivity index (χ3n) is 0. The first-order chi connectivity index (χ1) is 2.83. The summed E-state index contributed by atoms with van der Waals surface area (Å²) in [6.07, 6.45) is 0. The fourth-order valence-corrected chi connectivity index (χ4v) is 0. The zero-order chi connectivity index (χ0) is 5.41. The second-order valence-corrected chi connectivity index (χ2v) is 1.03. The van der Waals surface area contributed by atoms with E-state index in [1.54, 1.807) is 6.07 Å². The Hall–Kier alpha value is -0.220. The number of nitriles is 1. The van der Waals surface area contributed by atoms with Crippen molar-refractivity contribution in [2.75, 3.05) is 5.88 Å². The summed E-state index contributed by atoms with van der Waals surface area (Å²) >= 11 is 5.00. The molecule has 0 aromatic rings. The highest BCUT2D eigenvalue weighted by atomic mass is 35.5. The maximum Gasteiger partial charge on any atom is 0.0587 e. The predicted molar refractivity (Wildman–Crippen MR) is 27.7 cm³/mol. The Bertz CT molecular complexity index is 37.3. The Morgan fingerprint density at radius 1 is 1.83 bits per heavy atom. The molecule has 0 amide bonds. The number of hydrogen-bond acceptors (Lipinski definition) is 1. The first-order valence-electron chi connectivity index (χ1n) is 1.70. The third-order valence-corrected chi connectivity index (χ3v) is 0. The Morgan fingerprint density at radius 2 is 1.83 bits per heavy atom. The molecule has 0 spiro atoms. The molecule has 0 aromatic carbocycles. The van der Waals surface area contributed by atoms with Crippen LogP contribution in [0.4, 0.5) is 0 Å². The van der Waals surface area contributed by atoms with Gasteiger partial charge in [-0.15, -0.1) is 11.6 Å². The standard InChI is InChI=1S/C2H5Cl.C2H3N/c2*1-2-3/h2H2,1H3;1H3. The van der Waals surface area contributed by atoms with Crippen LogP contribution in [0, 0.1) is 11.3 Å². The minimum atomic E-state index is 0.722. The number of alkyl halides is 1. The molecule has 0 aromatic heterocycles. The highest BCUT2D eigenvalue weighted by Gasteiger charge is 1.38. The number of rotatable bonds is 0.